The van der Waals surface area contributed by atoms with Gasteiger partial charge in [-0.25, -0.2) is 0 Å². The van der Waals surface area contributed by atoms with Crippen LogP contribution in [0.5, 0.6) is 17.2 Å². The van der Waals surface area contributed by atoms with Crippen LogP contribution < -0.4 is 19.5 Å². The van der Waals surface area contributed by atoms with Crippen LogP contribution in [0.3, 0.4) is 0 Å². The van der Waals surface area contributed by atoms with Crippen LogP contribution in [0.15, 0.2) is 42.5 Å². The Bertz CT molecular complexity index is 696. The van der Waals surface area contributed by atoms with E-state index in [1.165, 1.54) is 0 Å². The van der Waals surface area contributed by atoms with Crippen molar-refractivity contribution in [2.75, 3.05) is 14.2 Å². The Morgan fingerprint density at radius 3 is 2.15 bits per heavy atom. The van der Waals surface area contributed by atoms with E-state index in [1.807, 2.05) is 30.3 Å². The maximum atomic E-state index is 12.9. The number of hydrogen-bond acceptors (Lipinski definition) is 4. The first-order valence-corrected chi connectivity index (χ1v) is 9.45. The summed E-state index contributed by atoms with van der Waals surface area (Å²) >= 11 is 0. The van der Waals surface area contributed by atoms with E-state index in [0.717, 1.165) is 24.6 Å². The molecular weight excluding hydrogens is 354 g/mol. The normalized spacial score (nSPS) is 11.3. The molecule has 4 nitrogen and oxygen atoms in total. The molecule has 27 heavy (non-hydrogen) atoms. The molecule has 2 unspecified atom stereocenters. The van der Waals surface area contributed by atoms with Crippen molar-refractivity contribution in [2.45, 2.75) is 38.7 Å². The monoisotopic (exact) mass is 382 g/mol. The van der Waals surface area contributed by atoms with E-state index in [-0.39, 0.29) is 24.6 Å². The molecule has 6 heteroatoms. The summed E-state index contributed by atoms with van der Waals surface area (Å²) in [5.74, 6) is 1.85. The van der Waals surface area contributed by atoms with Crippen LogP contribution in [0.4, 0.5) is 0 Å². The van der Waals surface area contributed by atoms with Crippen LogP contribution in [0.25, 0.3) is 0 Å². The minimum absolute atomic E-state index is 0. The van der Waals surface area contributed by atoms with E-state index in [9.17, 15) is 4.79 Å². The fourth-order valence-corrected chi connectivity index (χ4v) is 3.16. The van der Waals surface area contributed by atoms with Gasteiger partial charge in [-0.2, -0.15) is 0 Å². The molecule has 0 aliphatic carbocycles. The Hall–Kier alpha value is -1.46. The van der Waals surface area contributed by atoms with Gasteiger partial charge in [-0.05, 0) is 12.8 Å². The molecule has 142 valence electrons. The first-order chi connectivity index (χ1) is 12.6. The van der Waals surface area contributed by atoms with Gasteiger partial charge < -0.3 is 14.2 Å². The molecular formula is C21H28LiO4P. The van der Waals surface area contributed by atoms with Crippen LogP contribution in [-0.4, -0.2) is 45.0 Å². The number of methoxy groups -OCH3 is 2. The summed E-state index contributed by atoms with van der Waals surface area (Å²) in [5, 5.41) is 0.819. The molecule has 0 N–H and O–H groups in total. The number of rotatable bonds is 10. The molecule has 2 aromatic rings. The van der Waals surface area contributed by atoms with Crippen molar-refractivity contribution in [1.82, 2.24) is 0 Å². The molecule has 0 radical (unpaired) electrons. The first kappa shape index (κ1) is 23.6. The summed E-state index contributed by atoms with van der Waals surface area (Å²) in [6, 6.07) is 12.9. The summed E-state index contributed by atoms with van der Waals surface area (Å²) in [7, 11) is 5.80. The van der Waals surface area contributed by atoms with Crippen molar-refractivity contribution in [3.63, 3.8) is 0 Å². The third-order valence-corrected chi connectivity index (χ3v) is 4.79. The second-order valence-corrected chi connectivity index (χ2v) is 6.65. The number of hydrogen-bond donors (Lipinski definition) is 0. The van der Waals surface area contributed by atoms with E-state index < -0.39 is 6.10 Å². The second-order valence-electron chi connectivity index (χ2n) is 6.07. The van der Waals surface area contributed by atoms with E-state index in [0.29, 0.717) is 29.2 Å². The van der Waals surface area contributed by atoms with Crippen molar-refractivity contribution >= 4 is 39.2 Å². The number of carbonyl (C=O) groups excluding carboxylic acids is 1. The molecule has 0 amide bonds. The summed E-state index contributed by atoms with van der Waals surface area (Å²) in [5.41, 5.74) is 0.663. The number of unbranched alkanes of at least 4 members (excludes halogenated alkanes) is 2. The molecule has 0 bridgehead atoms. The van der Waals surface area contributed by atoms with Gasteiger partial charge in [-0.3, -0.25) is 4.79 Å². The van der Waals surface area contributed by atoms with Gasteiger partial charge in [-0.15, -0.1) is 0 Å². The Kier molecular flexibility index (Phi) is 10.6. The molecule has 0 aromatic heterocycles. The Morgan fingerprint density at radius 2 is 1.63 bits per heavy atom. The van der Waals surface area contributed by atoms with Crippen molar-refractivity contribution in [3.8, 4) is 17.2 Å². The first-order valence-electron chi connectivity index (χ1n) is 8.88. The molecule has 0 heterocycles. The van der Waals surface area contributed by atoms with Crippen LogP contribution in [0.1, 0.15) is 43.0 Å². The minimum atomic E-state index is -0.534. The van der Waals surface area contributed by atoms with Gasteiger partial charge in [0.1, 0.15) is 17.2 Å². The van der Waals surface area contributed by atoms with Crippen molar-refractivity contribution in [3.05, 3.63) is 48.0 Å². The molecule has 0 saturated carbocycles. The average Bonchev–Trinajstić information content (AvgIpc) is 2.68. The van der Waals surface area contributed by atoms with Crippen LogP contribution >= 0.6 is 9.24 Å². The zero-order valence-electron chi connectivity index (χ0n) is 15.7. The van der Waals surface area contributed by atoms with Crippen LogP contribution in [0.2, 0.25) is 0 Å². The molecule has 0 saturated heterocycles. The van der Waals surface area contributed by atoms with Gasteiger partial charge in [0.25, 0.3) is 0 Å². The molecule has 2 rings (SSSR count). The molecule has 0 spiro atoms. The number of ketones is 1. The van der Waals surface area contributed by atoms with E-state index in [1.54, 1.807) is 26.4 Å². The SMILES string of the molecule is CCCCCC(Oc1cc(OC)c(P)c(OC)c1)C(=O)c1ccccc1.[LiH]. The van der Waals surface area contributed by atoms with Crippen molar-refractivity contribution in [1.29, 1.82) is 0 Å². The quantitative estimate of drug-likeness (QED) is 0.272. The van der Waals surface area contributed by atoms with Crippen LogP contribution in [0, 0.1) is 0 Å². The molecule has 2 aromatic carbocycles. The van der Waals surface area contributed by atoms with E-state index in [2.05, 4.69) is 16.2 Å². The standard InChI is InChI=1S/C21H27O4P.Li.H/c1-4-5-7-12-17(20(22)15-10-8-6-9-11-15)25-16-13-18(23-2)21(26)19(14-16)24-3;;/h6,8-11,13-14,17H,4-5,7,12,26H2,1-3H3;;. The molecule has 0 aliphatic heterocycles. The Labute approximate surface area is 176 Å². The van der Waals surface area contributed by atoms with Gasteiger partial charge in [-0.1, -0.05) is 59.3 Å². The number of ether oxygens (including phenoxy) is 3. The third kappa shape index (κ3) is 6.58. The van der Waals surface area contributed by atoms with E-state index >= 15 is 0 Å². The van der Waals surface area contributed by atoms with Gasteiger partial charge in [0.15, 0.2) is 6.10 Å². The second kappa shape index (κ2) is 12.1. The summed E-state index contributed by atoms with van der Waals surface area (Å²) in [6.45, 7) is 2.14. The third-order valence-electron chi connectivity index (χ3n) is 4.22. The Morgan fingerprint density at radius 1 is 1.04 bits per heavy atom. The van der Waals surface area contributed by atoms with Crippen molar-refractivity contribution < 1.29 is 19.0 Å². The van der Waals surface area contributed by atoms with E-state index in [4.69, 9.17) is 14.2 Å². The summed E-state index contributed by atoms with van der Waals surface area (Å²) in [4.78, 5) is 12.9. The Balaban J connectivity index is 0.00000364. The zero-order valence-corrected chi connectivity index (χ0v) is 16.8. The van der Waals surface area contributed by atoms with Gasteiger partial charge in [0.05, 0.1) is 19.5 Å². The van der Waals surface area contributed by atoms with Crippen LogP contribution in [-0.2, 0) is 0 Å². The van der Waals surface area contributed by atoms with Gasteiger partial charge in [0, 0.05) is 17.7 Å². The zero-order chi connectivity index (χ0) is 18.9. The summed E-state index contributed by atoms with van der Waals surface area (Å²) < 4.78 is 16.9. The fourth-order valence-electron chi connectivity index (χ4n) is 2.76. The topological polar surface area (TPSA) is 44.8 Å². The predicted octanol–water partition coefficient (Wildman–Crippen LogP) is 3.77. The molecule has 2 atom stereocenters. The number of carbonyl (C=O) groups is 1. The fraction of sp³-hybridized carbons (Fsp3) is 0.381. The average molecular weight is 382 g/mol. The van der Waals surface area contributed by atoms with Gasteiger partial charge in [0.2, 0.25) is 5.78 Å². The van der Waals surface area contributed by atoms with Crippen molar-refractivity contribution in [2.24, 2.45) is 0 Å². The molecule has 0 aliphatic rings. The summed E-state index contributed by atoms with van der Waals surface area (Å²) in [6.07, 6.45) is 3.24. The predicted molar refractivity (Wildman–Crippen MR) is 115 cm³/mol. The number of Topliss-reactive ketones (excluding diaryl/α,β-unsaturated/α-hetero) is 1. The maximum absolute atomic E-state index is 12.9. The van der Waals surface area contributed by atoms with Gasteiger partial charge >= 0.3 is 18.9 Å². The molecule has 0 fully saturated rings. The number of benzene rings is 2.